The SMILES string of the molecule is CCNc1nc(Cc2cccc(Cl)c2)nc(C)c1C(C)C. The maximum atomic E-state index is 6.04. The molecule has 4 heteroatoms. The minimum absolute atomic E-state index is 0.402. The minimum Gasteiger partial charge on any atom is -0.370 e. The highest BCUT2D eigenvalue weighted by atomic mass is 35.5. The zero-order valence-electron chi connectivity index (χ0n) is 13.1. The van der Waals surface area contributed by atoms with Crippen LogP contribution in [-0.2, 0) is 6.42 Å². The van der Waals surface area contributed by atoms with Gasteiger partial charge in [0.2, 0.25) is 0 Å². The third-order valence-electron chi connectivity index (χ3n) is 3.36. The van der Waals surface area contributed by atoms with Crippen LogP contribution in [0.3, 0.4) is 0 Å². The summed E-state index contributed by atoms with van der Waals surface area (Å²) in [4.78, 5) is 9.37. The molecule has 0 aliphatic carbocycles. The Kier molecular flexibility index (Phi) is 5.18. The van der Waals surface area contributed by atoms with Crippen molar-refractivity contribution in [2.45, 2.75) is 40.0 Å². The average molecular weight is 304 g/mol. The van der Waals surface area contributed by atoms with E-state index in [1.807, 2.05) is 24.3 Å². The van der Waals surface area contributed by atoms with Gasteiger partial charge < -0.3 is 5.32 Å². The Morgan fingerprint density at radius 1 is 1.24 bits per heavy atom. The van der Waals surface area contributed by atoms with Crippen LogP contribution in [0.5, 0.6) is 0 Å². The van der Waals surface area contributed by atoms with Gasteiger partial charge in [-0.1, -0.05) is 37.6 Å². The first-order chi connectivity index (χ1) is 10.0. The summed E-state index contributed by atoms with van der Waals surface area (Å²) in [5.74, 6) is 2.19. The van der Waals surface area contributed by atoms with Gasteiger partial charge in [-0.15, -0.1) is 0 Å². The number of hydrogen-bond acceptors (Lipinski definition) is 3. The van der Waals surface area contributed by atoms with Crippen molar-refractivity contribution in [1.29, 1.82) is 0 Å². The van der Waals surface area contributed by atoms with Crippen LogP contribution in [0.25, 0.3) is 0 Å². The van der Waals surface area contributed by atoms with E-state index in [-0.39, 0.29) is 0 Å². The molecule has 2 rings (SSSR count). The topological polar surface area (TPSA) is 37.8 Å². The maximum Gasteiger partial charge on any atom is 0.135 e. The Morgan fingerprint density at radius 3 is 2.62 bits per heavy atom. The Labute approximate surface area is 131 Å². The lowest BCUT2D eigenvalue weighted by atomic mass is 10.0. The van der Waals surface area contributed by atoms with Crippen LogP contribution in [-0.4, -0.2) is 16.5 Å². The van der Waals surface area contributed by atoms with E-state index in [1.165, 1.54) is 5.56 Å². The van der Waals surface area contributed by atoms with Crippen LogP contribution in [0.15, 0.2) is 24.3 Å². The third kappa shape index (κ3) is 3.94. The summed E-state index contributed by atoms with van der Waals surface area (Å²) in [6.45, 7) is 9.33. The molecule has 21 heavy (non-hydrogen) atoms. The molecule has 0 fully saturated rings. The summed E-state index contributed by atoms with van der Waals surface area (Å²) in [6, 6.07) is 7.85. The molecule has 1 N–H and O–H groups in total. The van der Waals surface area contributed by atoms with Crippen LogP contribution in [0.2, 0.25) is 5.02 Å². The van der Waals surface area contributed by atoms with Gasteiger partial charge in [0, 0.05) is 29.2 Å². The number of aryl methyl sites for hydroxylation is 1. The molecule has 3 nitrogen and oxygen atoms in total. The van der Waals surface area contributed by atoms with Crippen molar-refractivity contribution in [2.75, 3.05) is 11.9 Å². The quantitative estimate of drug-likeness (QED) is 0.878. The lowest BCUT2D eigenvalue weighted by Crippen LogP contribution is -2.11. The second kappa shape index (κ2) is 6.90. The lowest BCUT2D eigenvalue weighted by molar-refractivity contribution is 0.811. The van der Waals surface area contributed by atoms with E-state index < -0.39 is 0 Å². The van der Waals surface area contributed by atoms with E-state index in [0.717, 1.165) is 34.5 Å². The van der Waals surface area contributed by atoms with E-state index in [0.29, 0.717) is 12.3 Å². The van der Waals surface area contributed by atoms with Crippen molar-refractivity contribution in [2.24, 2.45) is 0 Å². The van der Waals surface area contributed by atoms with Gasteiger partial charge in [0.1, 0.15) is 11.6 Å². The Bertz CT molecular complexity index is 623. The van der Waals surface area contributed by atoms with Crippen LogP contribution < -0.4 is 5.32 Å². The Morgan fingerprint density at radius 2 is 2.00 bits per heavy atom. The van der Waals surface area contributed by atoms with Crippen molar-refractivity contribution in [3.63, 3.8) is 0 Å². The molecule has 0 unspecified atom stereocenters. The van der Waals surface area contributed by atoms with Crippen molar-refractivity contribution in [3.05, 3.63) is 51.9 Å². The molecule has 0 bridgehead atoms. The fourth-order valence-corrected chi connectivity index (χ4v) is 2.75. The third-order valence-corrected chi connectivity index (χ3v) is 3.59. The van der Waals surface area contributed by atoms with Crippen molar-refractivity contribution >= 4 is 17.4 Å². The Hall–Kier alpha value is -1.61. The van der Waals surface area contributed by atoms with Gasteiger partial charge in [0.15, 0.2) is 0 Å². The monoisotopic (exact) mass is 303 g/mol. The number of benzene rings is 1. The summed E-state index contributed by atoms with van der Waals surface area (Å²) in [6.07, 6.45) is 0.693. The number of rotatable bonds is 5. The highest BCUT2D eigenvalue weighted by Crippen LogP contribution is 2.26. The molecule has 0 atom stereocenters. The predicted octanol–water partition coefficient (Wildman–Crippen LogP) is 4.58. The average Bonchev–Trinajstić information content (AvgIpc) is 2.38. The van der Waals surface area contributed by atoms with Crippen LogP contribution >= 0.6 is 11.6 Å². The van der Waals surface area contributed by atoms with Crippen LogP contribution in [0.1, 0.15) is 49.3 Å². The van der Waals surface area contributed by atoms with Crippen molar-refractivity contribution in [1.82, 2.24) is 9.97 Å². The van der Waals surface area contributed by atoms with Gasteiger partial charge >= 0.3 is 0 Å². The molecule has 0 saturated heterocycles. The summed E-state index contributed by atoms with van der Waals surface area (Å²) in [5.41, 5.74) is 3.38. The van der Waals surface area contributed by atoms with E-state index in [4.69, 9.17) is 16.6 Å². The first-order valence-electron chi connectivity index (χ1n) is 7.37. The first kappa shape index (κ1) is 15.8. The maximum absolute atomic E-state index is 6.04. The largest absolute Gasteiger partial charge is 0.370 e. The highest BCUT2D eigenvalue weighted by Gasteiger charge is 2.14. The van der Waals surface area contributed by atoms with E-state index in [9.17, 15) is 0 Å². The molecule has 0 aliphatic heterocycles. The smallest absolute Gasteiger partial charge is 0.135 e. The summed E-state index contributed by atoms with van der Waals surface area (Å²) in [5, 5.41) is 4.10. The summed E-state index contributed by atoms with van der Waals surface area (Å²) < 4.78 is 0. The van der Waals surface area contributed by atoms with Gasteiger partial charge in [-0.25, -0.2) is 9.97 Å². The molecular weight excluding hydrogens is 282 g/mol. The normalized spacial score (nSPS) is 11.0. The number of nitrogens with zero attached hydrogens (tertiary/aromatic N) is 2. The molecule has 112 valence electrons. The Balaban J connectivity index is 2.36. The number of anilines is 1. The molecule has 0 aliphatic rings. The van der Waals surface area contributed by atoms with E-state index >= 15 is 0 Å². The molecule has 0 spiro atoms. The summed E-state index contributed by atoms with van der Waals surface area (Å²) >= 11 is 6.04. The number of nitrogens with one attached hydrogen (secondary N) is 1. The highest BCUT2D eigenvalue weighted by molar-refractivity contribution is 6.30. The molecule has 0 radical (unpaired) electrons. The molecule has 0 saturated carbocycles. The van der Waals surface area contributed by atoms with Crippen LogP contribution in [0, 0.1) is 6.92 Å². The second-order valence-corrected chi connectivity index (χ2v) is 5.92. The molecule has 0 amide bonds. The van der Waals surface area contributed by atoms with Gasteiger partial charge in [0.05, 0.1) is 0 Å². The van der Waals surface area contributed by atoms with Gasteiger partial charge in [-0.2, -0.15) is 0 Å². The first-order valence-corrected chi connectivity index (χ1v) is 7.74. The van der Waals surface area contributed by atoms with Crippen molar-refractivity contribution in [3.8, 4) is 0 Å². The molecule has 1 aromatic carbocycles. The number of halogens is 1. The number of hydrogen-bond donors (Lipinski definition) is 1. The lowest BCUT2D eigenvalue weighted by Gasteiger charge is -2.16. The molecule has 1 aromatic heterocycles. The zero-order valence-corrected chi connectivity index (χ0v) is 13.8. The van der Waals surface area contributed by atoms with E-state index in [1.54, 1.807) is 0 Å². The minimum atomic E-state index is 0.402. The molecular formula is C17H22ClN3. The fraction of sp³-hybridized carbons (Fsp3) is 0.412. The van der Waals surface area contributed by atoms with Crippen LogP contribution in [0.4, 0.5) is 5.82 Å². The van der Waals surface area contributed by atoms with Gasteiger partial charge in [-0.3, -0.25) is 0 Å². The molecule has 2 aromatic rings. The van der Waals surface area contributed by atoms with Gasteiger partial charge in [-0.05, 0) is 37.5 Å². The zero-order chi connectivity index (χ0) is 15.4. The van der Waals surface area contributed by atoms with E-state index in [2.05, 4.69) is 38.0 Å². The second-order valence-electron chi connectivity index (χ2n) is 5.48. The van der Waals surface area contributed by atoms with Crippen molar-refractivity contribution < 1.29 is 0 Å². The standard InChI is InChI=1S/C17H22ClN3/c1-5-19-17-16(11(2)3)12(4)20-15(21-17)10-13-7-6-8-14(18)9-13/h6-9,11H,5,10H2,1-4H3,(H,19,20,21). The predicted molar refractivity (Wildman–Crippen MR) is 89.3 cm³/mol. The fourth-order valence-electron chi connectivity index (χ4n) is 2.54. The molecule has 1 heterocycles. The number of aromatic nitrogens is 2. The van der Waals surface area contributed by atoms with Gasteiger partial charge in [0.25, 0.3) is 0 Å². The summed E-state index contributed by atoms with van der Waals surface area (Å²) in [7, 11) is 0.